The highest BCUT2D eigenvalue weighted by molar-refractivity contribution is 5.96. The summed E-state index contributed by atoms with van der Waals surface area (Å²) in [6, 6.07) is 9.15. The minimum absolute atomic E-state index is 0.00654. The average Bonchev–Trinajstić information content (AvgIpc) is 3.11. The zero-order valence-corrected chi connectivity index (χ0v) is 18.8. The van der Waals surface area contributed by atoms with Gasteiger partial charge < -0.3 is 14.4 Å². The zero-order valence-electron chi connectivity index (χ0n) is 18.8. The van der Waals surface area contributed by atoms with E-state index in [1.807, 2.05) is 20.0 Å². The molecule has 0 unspecified atom stereocenters. The number of carbonyl (C=O) groups excluding carboxylic acids is 2. The average molecular weight is 467 g/mol. The highest BCUT2D eigenvalue weighted by Crippen LogP contribution is 2.30. The van der Waals surface area contributed by atoms with Crippen molar-refractivity contribution >= 4 is 11.7 Å². The van der Waals surface area contributed by atoms with Gasteiger partial charge >= 0.3 is 0 Å². The molecule has 1 aromatic heterocycles. The number of carbonyl (C=O) groups is 2. The lowest BCUT2D eigenvalue weighted by atomic mass is 9.97. The summed E-state index contributed by atoms with van der Waals surface area (Å²) in [5.74, 6) is -1.29. The minimum atomic E-state index is -0.678. The molecule has 1 saturated heterocycles. The van der Waals surface area contributed by atoms with Gasteiger partial charge in [0, 0.05) is 55.4 Å². The van der Waals surface area contributed by atoms with Crippen molar-refractivity contribution in [2.24, 2.45) is 13.0 Å². The second kappa shape index (κ2) is 8.55. The monoisotopic (exact) mass is 467 g/mol. The van der Waals surface area contributed by atoms with Gasteiger partial charge in [-0.3, -0.25) is 14.3 Å². The first-order valence-corrected chi connectivity index (χ1v) is 11.0. The number of aromatic nitrogens is 2. The molecule has 3 aromatic rings. The molecule has 9 heteroatoms. The van der Waals surface area contributed by atoms with Crippen LogP contribution < -0.4 is 9.47 Å². The molecular formula is C25H23F2N3O4. The third kappa shape index (κ3) is 4.13. The fourth-order valence-electron chi connectivity index (χ4n) is 4.16. The molecule has 2 aromatic carbocycles. The number of Topliss-reactive ketones (excluding diaryl/α,β-unsaturated/α-hetero) is 1. The Morgan fingerprint density at radius 3 is 2.68 bits per heavy atom. The molecule has 1 amide bonds. The maximum atomic E-state index is 14.6. The topological polar surface area (TPSA) is 73.7 Å². The van der Waals surface area contributed by atoms with Crippen LogP contribution in [0.25, 0.3) is 11.3 Å². The molecule has 2 aliphatic heterocycles. The van der Waals surface area contributed by atoms with Gasteiger partial charge in [-0.25, -0.2) is 8.78 Å². The highest BCUT2D eigenvalue weighted by atomic mass is 19.1. The first kappa shape index (κ1) is 22.1. The van der Waals surface area contributed by atoms with E-state index in [4.69, 9.17) is 9.47 Å². The predicted molar refractivity (Wildman–Crippen MR) is 119 cm³/mol. The molecule has 0 aliphatic carbocycles. The molecule has 7 nitrogen and oxygen atoms in total. The lowest BCUT2D eigenvalue weighted by Crippen LogP contribution is -2.52. The van der Waals surface area contributed by atoms with E-state index in [1.54, 1.807) is 16.8 Å². The van der Waals surface area contributed by atoms with Gasteiger partial charge in [0.1, 0.15) is 18.2 Å². The number of aryl methyl sites for hydroxylation is 2. The van der Waals surface area contributed by atoms with Crippen LogP contribution in [0.4, 0.5) is 8.78 Å². The smallest absolute Gasteiger partial charge is 0.256 e. The molecule has 0 radical (unpaired) electrons. The maximum absolute atomic E-state index is 14.6. The van der Waals surface area contributed by atoms with E-state index in [1.165, 1.54) is 17.0 Å². The molecule has 2 aliphatic rings. The van der Waals surface area contributed by atoms with Crippen molar-refractivity contribution in [1.29, 1.82) is 0 Å². The fourth-order valence-corrected chi connectivity index (χ4v) is 4.16. The van der Waals surface area contributed by atoms with Gasteiger partial charge in [0.2, 0.25) is 0 Å². The molecule has 34 heavy (non-hydrogen) atoms. The largest absolute Gasteiger partial charge is 0.490 e. The van der Waals surface area contributed by atoms with Crippen molar-refractivity contribution in [1.82, 2.24) is 14.7 Å². The van der Waals surface area contributed by atoms with Crippen LogP contribution in [-0.4, -0.2) is 52.7 Å². The summed E-state index contributed by atoms with van der Waals surface area (Å²) >= 11 is 0. The van der Waals surface area contributed by atoms with Crippen LogP contribution in [0, 0.1) is 24.5 Å². The number of fused-ring (bicyclic) bond motifs is 1. The molecule has 5 rings (SSSR count). The second-order valence-corrected chi connectivity index (χ2v) is 8.77. The van der Waals surface area contributed by atoms with Gasteiger partial charge in [-0.15, -0.1) is 0 Å². The van der Waals surface area contributed by atoms with E-state index in [0.29, 0.717) is 35.7 Å². The Hall–Kier alpha value is -3.75. The number of nitrogens with zero attached hydrogens (tertiary/aromatic N) is 3. The van der Waals surface area contributed by atoms with Crippen molar-refractivity contribution in [2.45, 2.75) is 13.3 Å². The lowest BCUT2D eigenvalue weighted by molar-refractivity contribution is -0.121. The van der Waals surface area contributed by atoms with E-state index in [0.717, 1.165) is 11.8 Å². The molecule has 1 fully saturated rings. The number of rotatable bonds is 5. The molecule has 0 bridgehead atoms. The molecule has 3 heterocycles. The number of hydrogen-bond donors (Lipinski definition) is 0. The van der Waals surface area contributed by atoms with E-state index < -0.39 is 17.5 Å². The van der Waals surface area contributed by atoms with Crippen molar-refractivity contribution < 1.29 is 27.8 Å². The van der Waals surface area contributed by atoms with E-state index in [9.17, 15) is 18.4 Å². The Morgan fingerprint density at radius 1 is 1.18 bits per heavy atom. The van der Waals surface area contributed by atoms with Gasteiger partial charge in [0.05, 0.1) is 17.9 Å². The highest BCUT2D eigenvalue weighted by Gasteiger charge is 2.34. The number of ether oxygens (including phenoxy) is 2. The minimum Gasteiger partial charge on any atom is -0.490 e. The van der Waals surface area contributed by atoms with Crippen molar-refractivity contribution in [2.75, 3.05) is 26.3 Å². The van der Waals surface area contributed by atoms with Crippen LogP contribution in [0.3, 0.4) is 0 Å². The Kier molecular flexibility index (Phi) is 5.55. The Morgan fingerprint density at radius 2 is 1.97 bits per heavy atom. The predicted octanol–water partition coefficient (Wildman–Crippen LogP) is 3.33. The Labute approximate surface area is 194 Å². The Balaban J connectivity index is 1.18. The summed E-state index contributed by atoms with van der Waals surface area (Å²) in [7, 11) is 1.83. The van der Waals surface area contributed by atoms with Crippen molar-refractivity contribution in [3.8, 4) is 22.8 Å². The first-order chi connectivity index (χ1) is 16.3. The second-order valence-electron chi connectivity index (χ2n) is 8.77. The third-order valence-electron chi connectivity index (χ3n) is 6.22. The van der Waals surface area contributed by atoms with Crippen LogP contribution in [0.2, 0.25) is 0 Å². The number of benzene rings is 2. The number of amides is 1. The van der Waals surface area contributed by atoms with Gasteiger partial charge in [0.15, 0.2) is 17.3 Å². The van der Waals surface area contributed by atoms with Crippen LogP contribution in [-0.2, 0) is 18.3 Å². The normalized spacial score (nSPS) is 15.5. The van der Waals surface area contributed by atoms with Crippen molar-refractivity contribution in [3.05, 3.63) is 64.9 Å². The summed E-state index contributed by atoms with van der Waals surface area (Å²) in [6.45, 7) is 2.82. The lowest BCUT2D eigenvalue weighted by Gasteiger charge is -2.39. The fraction of sp³-hybridized carbons (Fsp3) is 0.320. The van der Waals surface area contributed by atoms with Crippen LogP contribution in [0.5, 0.6) is 11.5 Å². The maximum Gasteiger partial charge on any atom is 0.256 e. The quantitative estimate of drug-likeness (QED) is 0.576. The van der Waals surface area contributed by atoms with Crippen LogP contribution in [0.15, 0.2) is 36.4 Å². The molecule has 0 atom stereocenters. The van der Waals surface area contributed by atoms with Crippen molar-refractivity contribution in [3.63, 3.8) is 0 Å². The van der Waals surface area contributed by atoms with E-state index >= 15 is 0 Å². The van der Waals surface area contributed by atoms with E-state index in [-0.39, 0.29) is 42.6 Å². The number of likely N-dealkylation sites (tertiary alicyclic amines) is 1. The van der Waals surface area contributed by atoms with Crippen LogP contribution in [0.1, 0.15) is 21.6 Å². The van der Waals surface area contributed by atoms with Crippen LogP contribution >= 0.6 is 0 Å². The first-order valence-electron chi connectivity index (χ1n) is 11.0. The SMILES string of the molecule is Cc1cc(-c2ccc(OCC3CN(C(=O)c4cc5c(cc4F)OCC(=O)C5)C3)c(F)c2)nn1C. The molecular weight excluding hydrogens is 444 g/mol. The van der Waals surface area contributed by atoms with Gasteiger partial charge in [0.25, 0.3) is 5.91 Å². The summed E-state index contributed by atoms with van der Waals surface area (Å²) in [5, 5.41) is 4.35. The number of hydrogen-bond acceptors (Lipinski definition) is 5. The summed E-state index contributed by atoms with van der Waals surface area (Å²) in [6.07, 6.45) is 0.122. The standard InChI is InChI=1S/C25H23F2N3O4/c1-14-5-22(28-29(14)2)16-3-4-23(21(27)8-16)33-12-15-10-30(11-15)25(32)19-7-17-6-18(31)13-34-24(17)9-20(19)26/h3-5,7-9,15H,6,10-13H2,1-2H3. The zero-order chi connectivity index (χ0) is 24.0. The third-order valence-corrected chi connectivity index (χ3v) is 6.22. The van der Waals surface area contributed by atoms with Gasteiger partial charge in [-0.2, -0.15) is 5.10 Å². The molecule has 0 N–H and O–H groups in total. The molecule has 0 spiro atoms. The summed E-state index contributed by atoms with van der Waals surface area (Å²) in [4.78, 5) is 25.8. The molecule has 0 saturated carbocycles. The van der Waals surface area contributed by atoms with E-state index in [2.05, 4.69) is 5.10 Å². The Bertz CT molecular complexity index is 1280. The summed E-state index contributed by atoms with van der Waals surface area (Å²) < 4.78 is 41.6. The molecule has 176 valence electrons. The van der Waals surface area contributed by atoms with Gasteiger partial charge in [-0.05, 0) is 37.3 Å². The summed E-state index contributed by atoms with van der Waals surface area (Å²) in [5.41, 5.74) is 2.75. The van der Waals surface area contributed by atoms with Gasteiger partial charge in [-0.1, -0.05) is 0 Å². The number of halogens is 2. The number of ketones is 1.